The second-order valence-corrected chi connectivity index (χ2v) is 8.36. The Morgan fingerprint density at radius 2 is 1.82 bits per heavy atom. The van der Waals surface area contributed by atoms with Gasteiger partial charge in [0.05, 0.1) is 16.9 Å². The third-order valence-corrected chi connectivity index (χ3v) is 6.26. The van der Waals surface area contributed by atoms with E-state index in [0.717, 1.165) is 17.3 Å². The van der Waals surface area contributed by atoms with Gasteiger partial charge in [-0.2, -0.15) is 8.42 Å². The van der Waals surface area contributed by atoms with Crippen LogP contribution in [-0.4, -0.2) is 38.0 Å². The highest BCUT2D eigenvalue weighted by atomic mass is 32.2. The Bertz CT molecular complexity index is 1040. The molecule has 0 spiro atoms. The van der Waals surface area contributed by atoms with Crippen LogP contribution in [0.3, 0.4) is 0 Å². The van der Waals surface area contributed by atoms with Gasteiger partial charge in [0, 0.05) is 6.54 Å². The smallest absolute Gasteiger partial charge is 0.284 e. The number of sulfonamides is 1. The first-order chi connectivity index (χ1) is 13.4. The number of hydrogen-bond acceptors (Lipinski definition) is 5. The molecular formula is C20H18N2O4S2. The highest BCUT2D eigenvalue weighted by Gasteiger charge is 2.34. The van der Waals surface area contributed by atoms with E-state index in [0.29, 0.717) is 10.7 Å². The molecule has 0 atom stereocenters. The van der Waals surface area contributed by atoms with Gasteiger partial charge in [0.1, 0.15) is 5.75 Å². The van der Waals surface area contributed by atoms with Crippen molar-refractivity contribution in [3.63, 3.8) is 0 Å². The summed E-state index contributed by atoms with van der Waals surface area (Å²) < 4.78 is 34.2. The molecule has 8 heteroatoms. The number of benzene rings is 2. The van der Waals surface area contributed by atoms with Crippen molar-refractivity contribution in [3.05, 3.63) is 77.7 Å². The molecule has 0 bridgehead atoms. The predicted molar refractivity (Wildman–Crippen MR) is 112 cm³/mol. The molecule has 0 unspecified atom stereocenters. The number of carbonyl (C=O) groups is 1. The molecule has 3 rings (SSSR count). The molecule has 0 aliphatic carbocycles. The highest BCUT2D eigenvalue weighted by Crippen LogP contribution is 2.33. The fourth-order valence-electron chi connectivity index (χ4n) is 2.47. The Hall–Kier alpha value is -2.84. The monoisotopic (exact) mass is 414 g/mol. The van der Waals surface area contributed by atoms with Gasteiger partial charge < -0.3 is 4.74 Å². The molecule has 0 saturated carbocycles. The predicted octanol–water partition coefficient (Wildman–Crippen LogP) is 3.54. The van der Waals surface area contributed by atoms with E-state index >= 15 is 0 Å². The lowest BCUT2D eigenvalue weighted by Gasteiger charge is -2.12. The maximum atomic E-state index is 12.7. The summed E-state index contributed by atoms with van der Waals surface area (Å²) in [5.41, 5.74) is 0.794. The Morgan fingerprint density at radius 1 is 1.14 bits per heavy atom. The maximum absolute atomic E-state index is 12.7. The molecule has 1 amide bonds. The zero-order chi connectivity index (χ0) is 20.1. The molecule has 144 valence electrons. The molecule has 1 fully saturated rings. The number of amidine groups is 1. The van der Waals surface area contributed by atoms with Crippen LogP contribution in [0, 0.1) is 0 Å². The van der Waals surface area contributed by atoms with Crippen LogP contribution in [0.15, 0.2) is 81.5 Å². The molecule has 1 aliphatic heterocycles. The second-order valence-electron chi connectivity index (χ2n) is 5.75. The Balaban J connectivity index is 1.96. The van der Waals surface area contributed by atoms with Crippen molar-refractivity contribution in [1.29, 1.82) is 0 Å². The van der Waals surface area contributed by atoms with Crippen LogP contribution in [0.5, 0.6) is 5.75 Å². The van der Waals surface area contributed by atoms with Crippen LogP contribution in [0.25, 0.3) is 6.08 Å². The molecule has 0 radical (unpaired) electrons. The fraction of sp³-hybridized carbons (Fsp3) is 0.100. The first-order valence-electron chi connectivity index (χ1n) is 8.31. The summed E-state index contributed by atoms with van der Waals surface area (Å²) in [6.07, 6.45) is 3.22. The number of hydrogen-bond donors (Lipinski definition) is 0. The molecule has 6 nitrogen and oxygen atoms in total. The normalized spacial score (nSPS) is 17.3. The fourth-order valence-corrected chi connectivity index (χ4v) is 4.68. The van der Waals surface area contributed by atoms with Crippen molar-refractivity contribution in [2.24, 2.45) is 4.40 Å². The van der Waals surface area contributed by atoms with Crippen molar-refractivity contribution >= 4 is 38.9 Å². The van der Waals surface area contributed by atoms with Crippen LogP contribution in [0.4, 0.5) is 0 Å². The second kappa shape index (κ2) is 8.45. The van der Waals surface area contributed by atoms with Crippen molar-refractivity contribution in [2.75, 3.05) is 13.7 Å². The van der Waals surface area contributed by atoms with Gasteiger partial charge in [0.15, 0.2) is 5.17 Å². The lowest BCUT2D eigenvalue weighted by molar-refractivity contribution is -0.121. The van der Waals surface area contributed by atoms with Crippen LogP contribution in [-0.2, 0) is 14.8 Å². The third-order valence-electron chi connectivity index (χ3n) is 3.85. The number of methoxy groups -OCH3 is 1. The minimum Gasteiger partial charge on any atom is -0.497 e. The average molecular weight is 415 g/mol. The van der Waals surface area contributed by atoms with Gasteiger partial charge in [-0.1, -0.05) is 36.4 Å². The molecule has 1 heterocycles. The van der Waals surface area contributed by atoms with Crippen molar-refractivity contribution in [1.82, 2.24) is 4.90 Å². The summed E-state index contributed by atoms with van der Waals surface area (Å²) in [4.78, 5) is 14.5. The largest absolute Gasteiger partial charge is 0.497 e. The highest BCUT2D eigenvalue weighted by molar-refractivity contribution is 8.19. The first-order valence-corrected chi connectivity index (χ1v) is 10.6. The standard InChI is InChI=1S/C20H18N2O4S2/c1-3-13-22-19(23)18(14-15-9-11-16(26-2)12-10-15)27-20(22)21-28(24,25)17-7-5-4-6-8-17/h3-12,14H,1,13H2,2H3. The number of carbonyl (C=O) groups excluding carboxylic acids is 1. The van der Waals surface area contributed by atoms with Crippen molar-refractivity contribution < 1.29 is 17.9 Å². The summed E-state index contributed by atoms with van der Waals surface area (Å²) >= 11 is 1.02. The molecular weight excluding hydrogens is 396 g/mol. The van der Waals surface area contributed by atoms with E-state index in [1.165, 1.54) is 23.1 Å². The van der Waals surface area contributed by atoms with Crippen LogP contribution in [0.1, 0.15) is 5.56 Å². The molecule has 1 saturated heterocycles. The summed E-state index contributed by atoms with van der Waals surface area (Å²) in [7, 11) is -2.35. The molecule has 1 aliphatic rings. The number of rotatable bonds is 6. The molecule has 28 heavy (non-hydrogen) atoms. The van der Waals surface area contributed by atoms with E-state index in [1.54, 1.807) is 43.5 Å². The van der Waals surface area contributed by atoms with E-state index in [1.807, 2.05) is 12.1 Å². The van der Waals surface area contributed by atoms with Gasteiger partial charge in [-0.25, -0.2) is 0 Å². The molecule has 2 aromatic carbocycles. The Labute approximate surface area is 168 Å². The molecule has 2 aromatic rings. The lowest BCUT2D eigenvalue weighted by atomic mass is 10.2. The van der Waals surface area contributed by atoms with Crippen LogP contribution >= 0.6 is 11.8 Å². The Kier molecular flexibility index (Phi) is 6.01. The summed E-state index contributed by atoms with van der Waals surface area (Å²) in [5.74, 6) is 0.389. The van der Waals surface area contributed by atoms with Crippen LogP contribution in [0.2, 0.25) is 0 Å². The summed E-state index contributed by atoms with van der Waals surface area (Å²) in [6.45, 7) is 3.80. The van der Waals surface area contributed by atoms with E-state index in [9.17, 15) is 13.2 Å². The zero-order valence-corrected chi connectivity index (χ0v) is 16.7. The van der Waals surface area contributed by atoms with Crippen molar-refractivity contribution in [3.8, 4) is 5.75 Å². The number of thioether (sulfide) groups is 1. The minimum atomic E-state index is -3.93. The lowest BCUT2D eigenvalue weighted by Crippen LogP contribution is -2.29. The van der Waals surface area contributed by atoms with Crippen LogP contribution < -0.4 is 4.74 Å². The average Bonchev–Trinajstić information content (AvgIpc) is 2.98. The number of ether oxygens (including phenoxy) is 1. The molecule has 0 aromatic heterocycles. The van der Waals surface area contributed by atoms with Gasteiger partial charge in [-0.05, 0) is 47.7 Å². The summed E-state index contributed by atoms with van der Waals surface area (Å²) in [5, 5.41) is 0.105. The topological polar surface area (TPSA) is 76.0 Å². The van der Waals surface area contributed by atoms with Gasteiger partial charge in [0.2, 0.25) is 0 Å². The first kappa shape index (κ1) is 19.9. The van der Waals surface area contributed by atoms with E-state index in [4.69, 9.17) is 4.74 Å². The SMILES string of the molecule is C=CCN1C(=O)C(=Cc2ccc(OC)cc2)SC1=NS(=O)(=O)c1ccccc1. The van der Waals surface area contributed by atoms with E-state index in [2.05, 4.69) is 11.0 Å². The molecule has 0 N–H and O–H groups in total. The zero-order valence-electron chi connectivity index (χ0n) is 15.1. The quantitative estimate of drug-likeness (QED) is 0.534. The van der Waals surface area contributed by atoms with Gasteiger partial charge in [-0.15, -0.1) is 11.0 Å². The van der Waals surface area contributed by atoms with Crippen molar-refractivity contribution in [2.45, 2.75) is 4.90 Å². The van der Waals surface area contributed by atoms with Gasteiger partial charge in [0.25, 0.3) is 15.9 Å². The minimum absolute atomic E-state index is 0.0710. The van der Waals surface area contributed by atoms with E-state index < -0.39 is 10.0 Å². The van der Waals surface area contributed by atoms with E-state index in [-0.39, 0.29) is 22.5 Å². The van der Waals surface area contributed by atoms with Gasteiger partial charge >= 0.3 is 0 Å². The number of nitrogens with zero attached hydrogens (tertiary/aromatic N) is 2. The van der Waals surface area contributed by atoms with Gasteiger partial charge in [-0.3, -0.25) is 9.69 Å². The Morgan fingerprint density at radius 3 is 2.43 bits per heavy atom. The maximum Gasteiger partial charge on any atom is 0.284 e. The third kappa shape index (κ3) is 4.35. The summed E-state index contributed by atoms with van der Waals surface area (Å²) in [6, 6.07) is 15.1. The number of amides is 1.